The molecule has 52 heavy (non-hydrogen) atoms. The van der Waals surface area contributed by atoms with Gasteiger partial charge in [-0.1, -0.05) is 103 Å². The number of likely N-dealkylation sites (tertiary alicyclic amines) is 1. The van der Waals surface area contributed by atoms with Gasteiger partial charge in [0.2, 0.25) is 18.5 Å². The number of hydrogen-bond acceptors (Lipinski definition) is 8. The molecule has 0 radical (unpaired) electrons. The Balaban J connectivity index is 1.16. The molecule has 2 N–H and O–H groups in total. The number of hydrogen-bond donors (Lipinski definition) is 2. The number of carboxylic acid groups (broad SMARTS) is 2. The van der Waals surface area contributed by atoms with E-state index < -0.39 is 40.4 Å². The first-order valence-corrected chi connectivity index (χ1v) is 16.6. The summed E-state index contributed by atoms with van der Waals surface area (Å²) in [4.78, 5) is 47.2. The lowest BCUT2D eigenvalue weighted by Crippen LogP contribution is -2.69. The van der Waals surface area contributed by atoms with Crippen molar-refractivity contribution in [3.8, 4) is 34.0 Å². The smallest absolute Gasteiger partial charge is 0.322 e. The van der Waals surface area contributed by atoms with Gasteiger partial charge in [0.1, 0.15) is 17.8 Å². The van der Waals surface area contributed by atoms with E-state index in [1.807, 2.05) is 30.3 Å². The van der Waals surface area contributed by atoms with E-state index in [1.54, 1.807) is 73.7 Å². The molecular formula is C40H34FN3O8. The van der Waals surface area contributed by atoms with Gasteiger partial charge < -0.3 is 29.1 Å². The molecule has 5 aromatic rings. The number of aromatic nitrogens is 2. The first-order chi connectivity index (χ1) is 25.1. The van der Waals surface area contributed by atoms with Crippen LogP contribution in [0.4, 0.5) is 4.39 Å². The van der Waals surface area contributed by atoms with Crippen molar-refractivity contribution in [1.82, 2.24) is 15.0 Å². The zero-order chi connectivity index (χ0) is 36.5. The predicted octanol–water partition coefficient (Wildman–Crippen LogP) is 6.81. The molecule has 1 amide bonds. The first kappa shape index (κ1) is 34.2. The number of benzene rings is 4. The monoisotopic (exact) mass is 703 g/mol. The Hall–Kier alpha value is -6.30. The van der Waals surface area contributed by atoms with E-state index in [-0.39, 0.29) is 50.2 Å². The lowest BCUT2D eigenvalue weighted by Gasteiger charge is -2.53. The molecule has 264 valence electrons. The van der Waals surface area contributed by atoms with Crippen molar-refractivity contribution in [1.29, 1.82) is 0 Å². The average molecular weight is 704 g/mol. The average Bonchev–Trinajstić information content (AvgIpc) is 3.85. The number of allylic oxidation sites excluding steroid dienone is 1. The fourth-order valence-corrected chi connectivity index (χ4v) is 7.59. The normalized spacial score (nSPS) is 19.4. The van der Waals surface area contributed by atoms with Crippen LogP contribution in [-0.2, 0) is 36.8 Å². The van der Waals surface area contributed by atoms with Crippen LogP contribution in [0.2, 0.25) is 0 Å². The minimum absolute atomic E-state index is 0.0796. The fraction of sp³-hybridized carbons (Fsp3) is 0.225. The van der Waals surface area contributed by atoms with E-state index in [0.717, 1.165) is 5.56 Å². The van der Waals surface area contributed by atoms with Gasteiger partial charge in [-0.25, -0.2) is 4.39 Å². The topological polar surface area (TPSA) is 152 Å². The molecule has 12 heteroatoms. The molecule has 0 spiro atoms. The van der Waals surface area contributed by atoms with Crippen LogP contribution >= 0.6 is 0 Å². The molecule has 1 saturated heterocycles. The Morgan fingerprint density at radius 2 is 1.54 bits per heavy atom. The van der Waals surface area contributed by atoms with Crippen LogP contribution in [0, 0.1) is 22.6 Å². The lowest BCUT2D eigenvalue weighted by molar-refractivity contribution is -0.200. The van der Waals surface area contributed by atoms with Gasteiger partial charge in [-0.2, -0.15) is 4.98 Å². The molecule has 7 rings (SSSR count). The Kier molecular flexibility index (Phi) is 9.05. The largest absolute Gasteiger partial charge is 0.480 e. The second kappa shape index (κ2) is 13.8. The maximum absolute atomic E-state index is 15.0. The molecule has 2 aliphatic rings. The van der Waals surface area contributed by atoms with Crippen LogP contribution < -0.4 is 0 Å². The van der Waals surface area contributed by atoms with Gasteiger partial charge in [0, 0.05) is 42.1 Å². The third-order valence-corrected chi connectivity index (χ3v) is 10.0. The van der Waals surface area contributed by atoms with E-state index in [0.29, 0.717) is 27.8 Å². The standard InChI is InChI=1S/C40H34FN3O8/c1-25-21-44(36(45)39(20-31-23-50-24-51-31,19-26-8-4-2-5-9-26)40(25,37(46)47)38(48)49)22-27-12-14-29(15-13-27)34-42-35(52-43-34)30-16-17-32(33(41)18-30)28-10-6-3-7-11-28/h2-18,23,25H,19-22,24H2,1H3,(H,46,47)(H,48,49). The summed E-state index contributed by atoms with van der Waals surface area (Å²) >= 11 is 0. The molecule has 11 nitrogen and oxygen atoms in total. The third-order valence-electron chi connectivity index (χ3n) is 10.0. The number of piperidine rings is 1. The Morgan fingerprint density at radius 3 is 2.17 bits per heavy atom. The summed E-state index contributed by atoms with van der Waals surface area (Å²) in [6.07, 6.45) is 0.847. The summed E-state index contributed by atoms with van der Waals surface area (Å²) < 4.78 is 31.3. The number of carbonyl (C=O) groups excluding carboxylic acids is 1. The minimum atomic E-state index is -2.48. The summed E-state index contributed by atoms with van der Waals surface area (Å²) in [5.41, 5.74) is -0.900. The van der Waals surface area contributed by atoms with E-state index in [9.17, 15) is 24.6 Å². The molecule has 2 aliphatic heterocycles. The molecule has 1 fully saturated rings. The number of rotatable bonds is 11. The quantitative estimate of drug-likeness (QED) is 0.140. The van der Waals surface area contributed by atoms with Crippen LogP contribution in [0.1, 0.15) is 24.5 Å². The van der Waals surface area contributed by atoms with Crippen LogP contribution in [-0.4, -0.2) is 56.4 Å². The number of amides is 1. The maximum atomic E-state index is 15.0. The predicted molar refractivity (Wildman–Crippen MR) is 185 cm³/mol. The maximum Gasteiger partial charge on any atom is 0.322 e. The van der Waals surface area contributed by atoms with Gasteiger partial charge in [0.15, 0.2) is 5.41 Å². The Bertz CT molecular complexity index is 2140. The van der Waals surface area contributed by atoms with Gasteiger partial charge in [0.05, 0.1) is 5.41 Å². The van der Waals surface area contributed by atoms with Crippen LogP contribution in [0.25, 0.3) is 34.0 Å². The first-order valence-electron chi connectivity index (χ1n) is 16.6. The highest BCUT2D eigenvalue weighted by atomic mass is 19.1. The van der Waals surface area contributed by atoms with Gasteiger partial charge in [0.25, 0.3) is 5.89 Å². The van der Waals surface area contributed by atoms with Crippen molar-refractivity contribution in [2.45, 2.75) is 26.3 Å². The minimum Gasteiger partial charge on any atom is -0.480 e. The summed E-state index contributed by atoms with van der Waals surface area (Å²) in [5, 5.41) is 25.5. The van der Waals surface area contributed by atoms with E-state index in [1.165, 1.54) is 17.2 Å². The highest BCUT2D eigenvalue weighted by Crippen LogP contribution is 2.56. The molecule has 1 aromatic heterocycles. The zero-order valence-corrected chi connectivity index (χ0v) is 28.1. The lowest BCUT2D eigenvalue weighted by atomic mass is 9.51. The molecule has 2 unspecified atom stereocenters. The molecule has 2 atom stereocenters. The van der Waals surface area contributed by atoms with E-state index in [4.69, 9.17) is 14.0 Å². The van der Waals surface area contributed by atoms with Gasteiger partial charge in [-0.05, 0) is 35.2 Å². The van der Waals surface area contributed by atoms with Crippen molar-refractivity contribution in [3.05, 3.63) is 132 Å². The summed E-state index contributed by atoms with van der Waals surface area (Å²) in [6, 6.07) is 29.8. The zero-order valence-electron chi connectivity index (χ0n) is 28.1. The van der Waals surface area contributed by atoms with Crippen molar-refractivity contribution >= 4 is 17.8 Å². The van der Waals surface area contributed by atoms with E-state index in [2.05, 4.69) is 10.1 Å². The Morgan fingerprint density at radius 1 is 0.865 bits per heavy atom. The van der Waals surface area contributed by atoms with Crippen molar-refractivity contribution in [2.75, 3.05) is 13.3 Å². The van der Waals surface area contributed by atoms with Gasteiger partial charge in [-0.15, -0.1) is 0 Å². The fourth-order valence-electron chi connectivity index (χ4n) is 7.59. The highest BCUT2D eigenvalue weighted by Gasteiger charge is 2.72. The molecule has 0 aliphatic carbocycles. The van der Waals surface area contributed by atoms with Crippen LogP contribution in [0.15, 0.2) is 120 Å². The second-order valence-corrected chi connectivity index (χ2v) is 13.1. The number of carboxylic acids is 2. The summed E-state index contributed by atoms with van der Waals surface area (Å²) in [6.45, 7) is 1.40. The summed E-state index contributed by atoms with van der Waals surface area (Å²) in [7, 11) is 0. The molecular weight excluding hydrogens is 669 g/mol. The van der Waals surface area contributed by atoms with Gasteiger partial charge in [-0.3, -0.25) is 14.4 Å². The number of ether oxygens (including phenoxy) is 2. The number of aliphatic carboxylic acids is 2. The Labute approximate surface area is 297 Å². The molecule has 0 saturated carbocycles. The molecule has 3 heterocycles. The van der Waals surface area contributed by atoms with E-state index >= 15 is 4.39 Å². The highest BCUT2D eigenvalue weighted by molar-refractivity contribution is 6.07. The third kappa shape index (κ3) is 5.95. The SMILES string of the molecule is CC1CN(Cc2ccc(-c3noc(-c4ccc(-c5ccccc5)c(F)c4)n3)cc2)C(=O)C(CC2=COCO2)(Cc2ccccc2)C1(C(=O)O)C(=O)O. The molecule has 4 aromatic carbocycles. The number of carbonyl (C=O) groups is 3. The van der Waals surface area contributed by atoms with Gasteiger partial charge >= 0.3 is 11.9 Å². The number of nitrogens with zero attached hydrogens (tertiary/aromatic N) is 3. The molecule has 0 bridgehead atoms. The van der Waals surface area contributed by atoms with Crippen molar-refractivity contribution in [2.24, 2.45) is 16.7 Å². The van der Waals surface area contributed by atoms with Crippen LogP contribution in [0.3, 0.4) is 0 Å². The van der Waals surface area contributed by atoms with Crippen molar-refractivity contribution in [3.63, 3.8) is 0 Å². The second-order valence-electron chi connectivity index (χ2n) is 13.1. The van der Waals surface area contributed by atoms with Crippen LogP contribution in [0.5, 0.6) is 0 Å². The number of halogens is 1. The van der Waals surface area contributed by atoms with Crippen molar-refractivity contribution < 1.29 is 43.0 Å². The summed E-state index contributed by atoms with van der Waals surface area (Å²) in [5.74, 6) is -4.59.